The van der Waals surface area contributed by atoms with Crippen LogP contribution in [0.3, 0.4) is 0 Å². The first kappa shape index (κ1) is 18.5. The van der Waals surface area contributed by atoms with E-state index >= 15 is 0 Å². The maximum absolute atomic E-state index is 6.50. The first-order valence-electron chi connectivity index (χ1n) is 7.59. The Hall–Kier alpha value is 0.467. The van der Waals surface area contributed by atoms with Gasteiger partial charge in [0.1, 0.15) is 0 Å². The molecule has 0 radical (unpaired) electrons. The average Bonchev–Trinajstić information content (AvgIpc) is 2.26. The number of hydrogen-bond acceptors (Lipinski definition) is 1. The highest BCUT2D eigenvalue weighted by Crippen LogP contribution is 2.42. The van der Waals surface area contributed by atoms with Crippen molar-refractivity contribution in [1.29, 1.82) is 0 Å². The van der Waals surface area contributed by atoms with Gasteiger partial charge in [0.15, 0.2) is 8.32 Å². The monoisotopic (exact) mass is 292 g/mol. The lowest BCUT2D eigenvalue weighted by molar-refractivity contribution is 0.268. The molecular weight excluding hydrogens is 260 g/mol. The highest BCUT2D eigenvalue weighted by Gasteiger charge is 2.44. The zero-order valence-electron chi connectivity index (χ0n) is 13.3. The predicted octanol–water partition coefficient (Wildman–Crippen LogP) is 5.98. The van der Waals surface area contributed by atoms with Crippen LogP contribution in [0.2, 0.25) is 16.6 Å². The number of hydrogen-bond donors (Lipinski definition) is 0. The molecule has 0 spiro atoms. The molecule has 0 aromatic heterocycles. The lowest BCUT2D eigenvalue weighted by Crippen LogP contribution is -2.47. The van der Waals surface area contributed by atoms with Gasteiger partial charge in [-0.3, -0.25) is 0 Å². The van der Waals surface area contributed by atoms with Crippen molar-refractivity contribution in [2.75, 3.05) is 12.5 Å². The van der Waals surface area contributed by atoms with Gasteiger partial charge in [-0.1, -0.05) is 54.4 Å². The van der Waals surface area contributed by atoms with E-state index in [1.165, 1.54) is 19.3 Å². The Balaban J connectivity index is 4.26. The van der Waals surface area contributed by atoms with Crippen LogP contribution in [0.5, 0.6) is 0 Å². The molecule has 0 amide bonds. The fraction of sp³-hybridized carbons (Fsp3) is 1.00. The summed E-state index contributed by atoms with van der Waals surface area (Å²) in [4.78, 5) is 0. The first-order valence-corrected chi connectivity index (χ1v) is 10.3. The maximum Gasteiger partial charge on any atom is 0.200 e. The summed E-state index contributed by atoms with van der Waals surface area (Å²) in [5.41, 5.74) is 2.08. The second kappa shape index (κ2) is 9.38. The quantitative estimate of drug-likeness (QED) is 0.273. The molecule has 0 bridgehead atoms. The van der Waals surface area contributed by atoms with Crippen molar-refractivity contribution in [2.24, 2.45) is 0 Å². The Kier molecular flexibility index (Phi) is 9.63. The first-order chi connectivity index (χ1) is 8.39. The molecular formula is C15H33ClOSi. The van der Waals surface area contributed by atoms with Gasteiger partial charge >= 0.3 is 0 Å². The Labute approximate surface area is 121 Å². The van der Waals surface area contributed by atoms with E-state index < -0.39 is 8.32 Å². The van der Waals surface area contributed by atoms with Gasteiger partial charge in [0.2, 0.25) is 0 Å². The van der Waals surface area contributed by atoms with Crippen molar-refractivity contribution in [1.82, 2.24) is 0 Å². The smallest absolute Gasteiger partial charge is 0.200 e. The molecule has 1 nitrogen and oxygen atoms in total. The zero-order valence-corrected chi connectivity index (χ0v) is 15.0. The maximum atomic E-state index is 6.50. The molecule has 0 aromatic carbocycles. The van der Waals surface area contributed by atoms with E-state index in [0.717, 1.165) is 18.9 Å². The van der Waals surface area contributed by atoms with E-state index in [0.29, 0.717) is 16.6 Å². The summed E-state index contributed by atoms with van der Waals surface area (Å²) in [5, 5.41) is 0. The van der Waals surface area contributed by atoms with Gasteiger partial charge in [-0.25, -0.2) is 0 Å². The summed E-state index contributed by atoms with van der Waals surface area (Å²) >= 11 is 5.69. The number of unbranched alkanes of at least 4 members (excludes halogenated alkanes) is 3. The summed E-state index contributed by atoms with van der Waals surface area (Å²) in [6.45, 7) is 15.0. The van der Waals surface area contributed by atoms with E-state index in [-0.39, 0.29) is 0 Å². The molecule has 0 aliphatic rings. The fourth-order valence-corrected chi connectivity index (χ4v) is 8.99. The summed E-state index contributed by atoms with van der Waals surface area (Å²) < 4.78 is 6.50. The molecule has 18 heavy (non-hydrogen) atoms. The SMILES string of the molecule is CC(C)[Si](OCCCCCCCl)(C(C)C)C(C)C. The van der Waals surface area contributed by atoms with Crippen molar-refractivity contribution in [3.05, 3.63) is 0 Å². The van der Waals surface area contributed by atoms with E-state index in [1.807, 2.05) is 0 Å². The van der Waals surface area contributed by atoms with Crippen molar-refractivity contribution in [3.63, 3.8) is 0 Å². The van der Waals surface area contributed by atoms with Gasteiger partial charge in [0, 0.05) is 12.5 Å². The predicted molar refractivity (Wildman–Crippen MR) is 86.2 cm³/mol. The van der Waals surface area contributed by atoms with Crippen LogP contribution in [0.25, 0.3) is 0 Å². The van der Waals surface area contributed by atoms with E-state index in [1.54, 1.807) is 0 Å². The molecule has 0 fully saturated rings. The largest absolute Gasteiger partial charge is 0.416 e. The number of rotatable bonds is 10. The molecule has 110 valence electrons. The normalized spacial score (nSPS) is 13.0. The highest BCUT2D eigenvalue weighted by atomic mass is 35.5. The van der Waals surface area contributed by atoms with E-state index in [4.69, 9.17) is 16.0 Å². The molecule has 0 saturated carbocycles. The topological polar surface area (TPSA) is 9.23 Å². The third kappa shape index (κ3) is 5.22. The van der Waals surface area contributed by atoms with E-state index in [2.05, 4.69) is 41.5 Å². The molecule has 0 unspecified atom stereocenters. The third-order valence-corrected chi connectivity index (χ3v) is 10.5. The van der Waals surface area contributed by atoms with Crippen molar-refractivity contribution in [3.8, 4) is 0 Å². The molecule has 0 rings (SSSR count). The molecule has 0 atom stereocenters. The Morgan fingerprint density at radius 2 is 1.22 bits per heavy atom. The van der Waals surface area contributed by atoms with Gasteiger partial charge in [-0.05, 0) is 29.5 Å². The Bertz CT molecular complexity index is 183. The molecule has 0 heterocycles. The zero-order chi connectivity index (χ0) is 14.2. The minimum absolute atomic E-state index is 0.695. The lowest BCUT2D eigenvalue weighted by atomic mass is 10.2. The minimum atomic E-state index is -1.62. The van der Waals surface area contributed by atoms with Crippen LogP contribution in [0.1, 0.15) is 67.2 Å². The summed E-state index contributed by atoms with van der Waals surface area (Å²) in [7, 11) is -1.62. The third-order valence-electron chi connectivity index (χ3n) is 4.09. The van der Waals surface area contributed by atoms with Crippen LogP contribution in [0.4, 0.5) is 0 Å². The number of alkyl halides is 1. The summed E-state index contributed by atoms with van der Waals surface area (Å²) in [5.74, 6) is 0.795. The van der Waals surface area contributed by atoms with Crippen LogP contribution >= 0.6 is 11.6 Å². The molecule has 0 aliphatic carbocycles. The minimum Gasteiger partial charge on any atom is -0.416 e. The van der Waals surface area contributed by atoms with Gasteiger partial charge in [-0.15, -0.1) is 11.6 Å². The van der Waals surface area contributed by atoms with Gasteiger partial charge in [0.25, 0.3) is 0 Å². The summed E-state index contributed by atoms with van der Waals surface area (Å²) in [6, 6.07) is 0. The van der Waals surface area contributed by atoms with Gasteiger partial charge < -0.3 is 4.43 Å². The van der Waals surface area contributed by atoms with Crippen LogP contribution in [-0.4, -0.2) is 20.8 Å². The number of halogens is 1. The Morgan fingerprint density at radius 3 is 1.61 bits per heavy atom. The van der Waals surface area contributed by atoms with Crippen LogP contribution in [0, 0.1) is 0 Å². The molecule has 3 heteroatoms. The van der Waals surface area contributed by atoms with Crippen molar-refractivity contribution in [2.45, 2.75) is 83.8 Å². The van der Waals surface area contributed by atoms with Crippen molar-refractivity contribution < 1.29 is 4.43 Å². The molecule has 0 aromatic rings. The van der Waals surface area contributed by atoms with Crippen molar-refractivity contribution >= 4 is 19.9 Å². The fourth-order valence-electron chi connectivity index (χ4n) is 3.30. The standard InChI is InChI=1S/C15H33ClOSi/c1-13(2)18(14(3)4,15(5)6)17-12-10-8-7-9-11-16/h13-15H,7-12H2,1-6H3. The second-order valence-electron chi connectivity index (χ2n) is 6.27. The summed E-state index contributed by atoms with van der Waals surface area (Å²) in [6.07, 6.45) is 4.83. The highest BCUT2D eigenvalue weighted by molar-refractivity contribution is 6.77. The lowest BCUT2D eigenvalue weighted by Gasteiger charge is -2.42. The van der Waals surface area contributed by atoms with Crippen LogP contribution in [-0.2, 0) is 4.43 Å². The molecule has 0 N–H and O–H groups in total. The Morgan fingerprint density at radius 1 is 0.778 bits per heavy atom. The van der Waals surface area contributed by atoms with Gasteiger partial charge in [-0.2, -0.15) is 0 Å². The molecule has 0 saturated heterocycles. The molecule has 0 aliphatic heterocycles. The second-order valence-corrected chi connectivity index (χ2v) is 12.1. The van der Waals surface area contributed by atoms with Gasteiger partial charge in [0.05, 0.1) is 0 Å². The van der Waals surface area contributed by atoms with Crippen LogP contribution < -0.4 is 0 Å². The average molecular weight is 293 g/mol. The van der Waals surface area contributed by atoms with E-state index in [9.17, 15) is 0 Å². The van der Waals surface area contributed by atoms with Crippen LogP contribution in [0.15, 0.2) is 0 Å².